The van der Waals surface area contributed by atoms with Gasteiger partial charge in [-0.2, -0.15) is 0 Å². The number of phenolic OH excluding ortho intramolecular Hbond substituents is 1. The maximum Gasteiger partial charge on any atom is 0.321 e. The Balaban J connectivity index is 1.94. The second-order valence-corrected chi connectivity index (χ2v) is 6.62. The van der Waals surface area contributed by atoms with Gasteiger partial charge in [0.25, 0.3) is 0 Å². The van der Waals surface area contributed by atoms with Gasteiger partial charge >= 0.3 is 5.97 Å². The van der Waals surface area contributed by atoms with Crippen LogP contribution >= 0.6 is 0 Å². The van der Waals surface area contributed by atoms with Crippen molar-refractivity contribution in [3.63, 3.8) is 0 Å². The number of carbonyl (C=O) groups is 2. The smallest absolute Gasteiger partial charge is 0.321 e. The number of hydrogen-bond acceptors (Lipinski definition) is 6. The number of aromatic hydroxyl groups is 1. The average molecular weight is 395 g/mol. The van der Waals surface area contributed by atoms with Crippen LogP contribution in [0.3, 0.4) is 0 Å². The van der Waals surface area contributed by atoms with Gasteiger partial charge in [0.2, 0.25) is 11.9 Å². The summed E-state index contributed by atoms with van der Waals surface area (Å²) in [5, 5.41) is 12.8. The van der Waals surface area contributed by atoms with E-state index in [0.717, 1.165) is 5.52 Å². The third kappa shape index (κ3) is 3.16. The Morgan fingerprint density at radius 2 is 2.00 bits per heavy atom. The molecule has 1 amide bonds. The maximum absolute atomic E-state index is 12.9. The number of nitrogens with zero attached hydrogens (tertiary/aromatic N) is 2. The molecule has 2 aromatic carbocycles. The van der Waals surface area contributed by atoms with E-state index in [4.69, 9.17) is 9.47 Å². The lowest BCUT2D eigenvalue weighted by molar-refractivity contribution is -0.152. The zero-order valence-corrected chi connectivity index (χ0v) is 16.1. The van der Waals surface area contributed by atoms with Gasteiger partial charge in [0.15, 0.2) is 17.4 Å². The first-order valence-electron chi connectivity index (χ1n) is 9.45. The SMILES string of the molecule is CCOC(=O)C1C(=O)Nc2nc3ccccc3n2C1c1ccc(O)c(OCC)c1. The van der Waals surface area contributed by atoms with Gasteiger partial charge in [-0.1, -0.05) is 18.2 Å². The van der Waals surface area contributed by atoms with Gasteiger partial charge in [0, 0.05) is 0 Å². The van der Waals surface area contributed by atoms with Gasteiger partial charge in [0.1, 0.15) is 0 Å². The van der Waals surface area contributed by atoms with E-state index >= 15 is 0 Å². The van der Waals surface area contributed by atoms with Crippen LogP contribution in [0, 0.1) is 5.92 Å². The third-order valence-electron chi connectivity index (χ3n) is 4.87. The van der Waals surface area contributed by atoms with E-state index in [9.17, 15) is 14.7 Å². The van der Waals surface area contributed by atoms with E-state index in [2.05, 4.69) is 10.3 Å². The Bertz CT molecular complexity index is 1090. The number of rotatable bonds is 5. The van der Waals surface area contributed by atoms with Crippen molar-refractivity contribution in [2.24, 2.45) is 5.92 Å². The highest BCUT2D eigenvalue weighted by Crippen LogP contribution is 2.41. The predicted molar refractivity (Wildman–Crippen MR) is 106 cm³/mol. The molecule has 0 bridgehead atoms. The summed E-state index contributed by atoms with van der Waals surface area (Å²) in [5.74, 6) is -1.59. The lowest BCUT2D eigenvalue weighted by atomic mass is 9.90. The quantitative estimate of drug-likeness (QED) is 0.509. The molecule has 8 heteroatoms. The molecule has 150 valence electrons. The monoisotopic (exact) mass is 395 g/mol. The molecule has 29 heavy (non-hydrogen) atoms. The van der Waals surface area contributed by atoms with Gasteiger partial charge in [-0.15, -0.1) is 0 Å². The molecular formula is C21H21N3O5. The molecule has 8 nitrogen and oxygen atoms in total. The van der Waals surface area contributed by atoms with Crippen LogP contribution < -0.4 is 10.1 Å². The number of amides is 1. The van der Waals surface area contributed by atoms with Crippen LogP contribution in [0.5, 0.6) is 11.5 Å². The molecule has 0 fully saturated rings. The number of phenols is 1. The summed E-state index contributed by atoms with van der Waals surface area (Å²) in [5.41, 5.74) is 2.09. The van der Waals surface area contributed by atoms with E-state index in [1.807, 2.05) is 35.8 Å². The van der Waals surface area contributed by atoms with Crippen LogP contribution in [0.25, 0.3) is 11.0 Å². The number of esters is 1. The second-order valence-electron chi connectivity index (χ2n) is 6.62. The Morgan fingerprint density at radius 3 is 2.76 bits per heavy atom. The van der Waals surface area contributed by atoms with E-state index in [-0.39, 0.29) is 18.1 Å². The Kier molecular flexibility index (Phi) is 4.84. The van der Waals surface area contributed by atoms with Crippen molar-refractivity contribution in [3.05, 3.63) is 48.0 Å². The number of aromatic nitrogens is 2. The van der Waals surface area contributed by atoms with Gasteiger partial charge in [-0.05, 0) is 43.7 Å². The molecule has 2 heterocycles. The number of anilines is 1. The molecule has 1 aromatic heterocycles. The number of ether oxygens (including phenoxy) is 2. The lowest BCUT2D eigenvalue weighted by Crippen LogP contribution is -2.43. The molecule has 2 unspecified atom stereocenters. The van der Waals surface area contributed by atoms with Crippen molar-refractivity contribution in [2.45, 2.75) is 19.9 Å². The van der Waals surface area contributed by atoms with E-state index in [0.29, 0.717) is 23.6 Å². The summed E-state index contributed by atoms with van der Waals surface area (Å²) in [6, 6.07) is 11.5. The molecule has 2 atom stereocenters. The Labute approximate surface area is 167 Å². The minimum Gasteiger partial charge on any atom is -0.504 e. The van der Waals surface area contributed by atoms with Crippen LogP contribution in [0.1, 0.15) is 25.5 Å². The molecule has 3 aromatic rings. The molecule has 0 aliphatic carbocycles. The molecule has 0 saturated heterocycles. The van der Waals surface area contributed by atoms with Crippen LogP contribution in [0.15, 0.2) is 42.5 Å². The number of para-hydroxylation sites is 2. The summed E-state index contributed by atoms with van der Waals surface area (Å²) in [7, 11) is 0. The standard InChI is InChI=1S/C21H21N3O5/c1-3-28-16-11-12(9-10-15(16)25)18-17(20(27)29-4-2)19(26)23-21-22-13-7-5-6-8-14(13)24(18)21/h5-11,17-18,25H,3-4H2,1-2H3,(H,22,23,26). The number of nitrogens with one attached hydrogen (secondary N) is 1. The highest BCUT2D eigenvalue weighted by Gasteiger charge is 2.44. The first-order chi connectivity index (χ1) is 14.0. The molecule has 0 spiro atoms. The molecule has 2 N–H and O–H groups in total. The topological polar surface area (TPSA) is 103 Å². The minimum atomic E-state index is -1.11. The predicted octanol–water partition coefficient (Wildman–Crippen LogP) is 2.86. The average Bonchev–Trinajstić information content (AvgIpc) is 3.06. The number of benzene rings is 2. The first-order valence-corrected chi connectivity index (χ1v) is 9.45. The van der Waals surface area contributed by atoms with Crippen molar-refractivity contribution < 1.29 is 24.2 Å². The summed E-state index contributed by atoms with van der Waals surface area (Å²) in [6.07, 6.45) is 0. The molecular weight excluding hydrogens is 374 g/mol. The van der Waals surface area contributed by atoms with Crippen LogP contribution in [-0.2, 0) is 14.3 Å². The summed E-state index contributed by atoms with van der Waals surface area (Å²) in [6.45, 7) is 4.03. The zero-order chi connectivity index (χ0) is 20.5. The van der Waals surface area contributed by atoms with Crippen molar-refractivity contribution >= 4 is 28.9 Å². The molecule has 1 aliphatic rings. The summed E-state index contributed by atoms with van der Waals surface area (Å²) < 4.78 is 12.5. The number of hydrogen-bond donors (Lipinski definition) is 2. The van der Waals surface area contributed by atoms with Gasteiger partial charge in [-0.25, -0.2) is 4.98 Å². The Morgan fingerprint density at radius 1 is 1.21 bits per heavy atom. The van der Waals surface area contributed by atoms with E-state index in [1.54, 1.807) is 19.1 Å². The largest absolute Gasteiger partial charge is 0.504 e. The van der Waals surface area contributed by atoms with E-state index < -0.39 is 23.8 Å². The number of imidazole rings is 1. The van der Waals surface area contributed by atoms with E-state index in [1.165, 1.54) is 6.07 Å². The second kappa shape index (κ2) is 7.46. The van der Waals surface area contributed by atoms with Crippen LogP contribution in [0.4, 0.5) is 5.95 Å². The highest BCUT2D eigenvalue weighted by atomic mass is 16.5. The fraction of sp³-hybridized carbons (Fsp3) is 0.286. The molecule has 0 radical (unpaired) electrons. The fourth-order valence-corrected chi connectivity index (χ4v) is 3.69. The summed E-state index contributed by atoms with van der Waals surface area (Å²) in [4.78, 5) is 30.1. The van der Waals surface area contributed by atoms with Gasteiger partial charge in [-0.3, -0.25) is 14.9 Å². The number of carbonyl (C=O) groups excluding carboxylic acids is 2. The molecule has 0 saturated carbocycles. The van der Waals surface area contributed by atoms with Crippen molar-refractivity contribution in [1.82, 2.24) is 9.55 Å². The van der Waals surface area contributed by atoms with Crippen molar-refractivity contribution in [3.8, 4) is 11.5 Å². The number of fused-ring (bicyclic) bond motifs is 3. The van der Waals surface area contributed by atoms with Crippen LogP contribution in [0.2, 0.25) is 0 Å². The first kappa shape index (κ1) is 18.8. The summed E-state index contributed by atoms with van der Waals surface area (Å²) >= 11 is 0. The molecule has 1 aliphatic heterocycles. The third-order valence-corrected chi connectivity index (χ3v) is 4.87. The van der Waals surface area contributed by atoms with Crippen molar-refractivity contribution in [2.75, 3.05) is 18.5 Å². The van der Waals surface area contributed by atoms with Gasteiger partial charge in [0.05, 0.1) is 30.3 Å². The minimum absolute atomic E-state index is 0.0146. The normalized spacial score (nSPS) is 18.2. The molecule has 4 rings (SSSR count). The highest BCUT2D eigenvalue weighted by molar-refractivity contribution is 6.07. The maximum atomic E-state index is 12.9. The van der Waals surface area contributed by atoms with Gasteiger partial charge < -0.3 is 19.1 Å². The lowest BCUT2D eigenvalue weighted by Gasteiger charge is -2.32. The van der Waals surface area contributed by atoms with Crippen molar-refractivity contribution in [1.29, 1.82) is 0 Å². The Hall–Kier alpha value is -3.55. The fourth-order valence-electron chi connectivity index (χ4n) is 3.69. The zero-order valence-electron chi connectivity index (χ0n) is 16.1. The van der Waals surface area contributed by atoms with Crippen LogP contribution in [-0.4, -0.2) is 39.7 Å².